The lowest BCUT2D eigenvalue weighted by Crippen LogP contribution is -2.43. The van der Waals surface area contributed by atoms with Gasteiger partial charge in [0.15, 0.2) is 0 Å². The number of hydrogen-bond acceptors (Lipinski definition) is 2. The minimum Gasteiger partial charge on any atom is -0.366 e. The van der Waals surface area contributed by atoms with E-state index in [2.05, 4.69) is 19.2 Å². The second kappa shape index (κ2) is 4.99. The van der Waals surface area contributed by atoms with Crippen LogP contribution in [-0.4, -0.2) is 15.6 Å². The summed E-state index contributed by atoms with van der Waals surface area (Å²) < 4.78 is 0. The first-order valence-corrected chi connectivity index (χ1v) is 5.44. The first-order valence-electron chi connectivity index (χ1n) is 4.05. The van der Waals surface area contributed by atoms with Crippen LogP contribution in [0.5, 0.6) is 0 Å². The van der Waals surface area contributed by atoms with Gasteiger partial charge in [0.05, 0.1) is 9.86 Å². The second-order valence-corrected chi connectivity index (χ2v) is 4.87. The van der Waals surface area contributed by atoms with Gasteiger partial charge in [-0.25, -0.2) is 0 Å². The molecular weight excluding hydrogens is 174 g/mol. The van der Waals surface area contributed by atoms with Crippen LogP contribution in [0.3, 0.4) is 0 Å². The second-order valence-electron chi connectivity index (χ2n) is 2.66. The lowest BCUT2D eigenvalue weighted by Gasteiger charge is -2.31. The normalized spacial score (nSPS) is 21.3. The van der Waals surface area contributed by atoms with Crippen molar-refractivity contribution in [2.45, 2.75) is 39.0 Å². The van der Waals surface area contributed by atoms with Gasteiger partial charge in [0.1, 0.15) is 0 Å². The summed E-state index contributed by atoms with van der Waals surface area (Å²) in [5, 5.41) is 3.25. The van der Waals surface area contributed by atoms with Crippen molar-refractivity contribution in [2.24, 2.45) is 0 Å². The van der Waals surface area contributed by atoms with Gasteiger partial charge in [-0.05, 0) is 13.8 Å². The molecule has 1 saturated heterocycles. The maximum absolute atomic E-state index is 5.03. The molecule has 1 rings (SSSR count). The molecule has 1 heterocycles. The van der Waals surface area contributed by atoms with E-state index < -0.39 is 0 Å². The SMILES string of the molecule is CC.CC1(C)NC(=S)CCS1. The third-order valence-corrected chi connectivity index (χ3v) is 2.77. The fourth-order valence-electron chi connectivity index (χ4n) is 0.833. The fourth-order valence-corrected chi connectivity index (χ4v) is 2.40. The molecule has 1 nitrogen and oxygen atoms in total. The summed E-state index contributed by atoms with van der Waals surface area (Å²) >= 11 is 6.96. The molecular formula is C8H17NS2. The summed E-state index contributed by atoms with van der Waals surface area (Å²) in [5.41, 5.74) is 0. The molecule has 0 bridgehead atoms. The first kappa shape index (κ1) is 11.2. The quantitative estimate of drug-likeness (QED) is 0.591. The molecule has 0 saturated carbocycles. The monoisotopic (exact) mass is 191 g/mol. The van der Waals surface area contributed by atoms with Crippen molar-refractivity contribution in [3.63, 3.8) is 0 Å². The van der Waals surface area contributed by atoms with E-state index >= 15 is 0 Å². The molecule has 1 aliphatic heterocycles. The van der Waals surface area contributed by atoms with E-state index in [1.807, 2.05) is 25.6 Å². The lowest BCUT2D eigenvalue weighted by molar-refractivity contribution is 0.656. The van der Waals surface area contributed by atoms with E-state index in [0.717, 1.165) is 11.4 Å². The minimum atomic E-state index is 0.176. The smallest absolute Gasteiger partial charge is 0.0781 e. The average Bonchev–Trinajstić information content (AvgIpc) is 1.89. The molecule has 1 N–H and O–H groups in total. The Morgan fingerprint density at radius 3 is 2.27 bits per heavy atom. The van der Waals surface area contributed by atoms with Gasteiger partial charge in [0.25, 0.3) is 0 Å². The van der Waals surface area contributed by atoms with Gasteiger partial charge in [-0.3, -0.25) is 0 Å². The van der Waals surface area contributed by atoms with Crippen LogP contribution >= 0.6 is 24.0 Å². The largest absolute Gasteiger partial charge is 0.366 e. The van der Waals surface area contributed by atoms with E-state index in [9.17, 15) is 0 Å². The summed E-state index contributed by atoms with van der Waals surface area (Å²) in [6, 6.07) is 0. The number of hydrogen-bond donors (Lipinski definition) is 1. The Bertz CT molecular complexity index is 132. The van der Waals surface area contributed by atoms with Crippen LogP contribution in [0.25, 0.3) is 0 Å². The summed E-state index contributed by atoms with van der Waals surface area (Å²) in [4.78, 5) is 1.19. The molecule has 0 aromatic rings. The van der Waals surface area contributed by atoms with Gasteiger partial charge < -0.3 is 5.32 Å². The highest BCUT2D eigenvalue weighted by Gasteiger charge is 2.22. The van der Waals surface area contributed by atoms with Crippen molar-refractivity contribution in [2.75, 3.05) is 5.75 Å². The highest BCUT2D eigenvalue weighted by Crippen LogP contribution is 2.25. The summed E-state index contributed by atoms with van der Waals surface area (Å²) in [6.45, 7) is 8.31. The summed E-state index contributed by atoms with van der Waals surface area (Å²) in [5.74, 6) is 1.17. The zero-order chi connectivity index (χ0) is 8.91. The molecule has 0 amide bonds. The molecule has 0 aliphatic carbocycles. The zero-order valence-corrected chi connectivity index (χ0v) is 9.36. The van der Waals surface area contributed by atoms with E-state index in [1.165, 1.54) is 5.75 Å². The van der Waals surface area contributed by atoms with E-state index in [1.54, 1.807) is 0 Å². The summed E-state index contributed by atoms with van der Waals surface area (Å²) in [7, 11) is 0. The fraction of sp³-hybridized carbons (Fsp3) is 0.875. The molecule has 0 radical (unpaired) electrons. The Kier molecular flexibility index (Phi) is 5.10. The molecule has 66 valence electrons. The Hall–Kier alpha value is 0.240. The standard InChI is InChI=1S/C6H11NS2.C2H6/c1-6(2)7-5(8)3-4-9-6;1-2/h3-4H2,1-2H3,(H,7,8);1-2H3. The topological polar surface area (TPSA) is 12.0 Å². The van der Waals surface area contributed by atoms with E-state index in [4.69, 9.17) is 12.2 Å². The summed E-state index contributed by atoms with van der Waals surface area (Å²) in [6.07, 6.45) is 1.05. The average molecular weight is 191 g/mol. The Morgan fingerprint density at radius 1 is 1.45 bits per heavy atom. The zero-order valence-electron chi connectivity index (χ0n) is 7.73. The van der Waals surface area contributed by atoms with Gasteiger partial charge in [-0.15, -0.1) is 11.8 Å². The molecule has 3 heteroatoms. The molecule has 0 unspecified atom stereocenters. The van der Waals surface area contributed by atoms with Crippen LogP contribution in [0.1, 0.15) is 34.1 Å². The Balaban J connectivity index is 0.000000461. The minimum absolute atomic E-state index is 0.176. The highest BCUT2D eigenvalue weighted by atomic mass is 32.2. The maximum atomic E-state index is 5.03. The van der Waals surface area contributed by atoms with Gasteiger partial charge in [0, 0.05) is 12.2 Å². The lowest BCUT2D eigenvalue weighted by atomic mass is 10.3. The Labute approximate surface area is 79.3 Å². The molecule has 1 aliphatic rings. The molecule has 0 atom stereocenters. The van der Waals surface area contributed by atoms with E-state index in [-0.39, 0.29) is 4.87 Å². The van der Waals surface area contributed by atoms with E-state index in [0.29, 0.717) is 0 Å². The van der Waals surface area contributed by atoms with Crippen LogP contribution in [-0.2, 0) is 0 Å². The van der Waals surface area contributed by atoms with Gasteiger partial charge in [0.2, 0.25) is 0 Å². The maximum Gasteiger partial charge on any atom is 0.0781 e. The molecule has 0 aromatic heterocycles. The number of rotatable bonds is 0. The van der Waals surface area contributed by atoms with Crippen LogP contribution in [0.2, 0.25) is 0 Å². The number of nitrogens with one attached hydrogen (secondary N) is 1. The molecule has 1 fully saturated rings. The molecule has 0 spiro atoms. The van der Waals surface area contributed by atoms with Crippen molar-refractivity contribution in [3.05, 3.63) is 0 Å². The molecule has 0 aromatic carbocycles. The van der Waals surface area contributed by atoms with Crippen molar-refractivity contribution in [1.29, 1.82) is 0 Å². The predicted octanol–water partition coefficient (Wildman–Crippen LogP) is 2.80. The first-order chi connectivity index (χ1) is 5.10. The highest BCUT2D eigenvalue weighted by molar-refractivity contribution is 8.00. The van der Waals surface area contributed by atoms with Gasteiger partial charge >= 0.3 is 0 Å². The van der Waals surface area contributed by atoms with Gasteiger partial charge in [-0.2, -0.15) is 0 Å². The van der Waals surface area contributed by atoms with Crippen LogP contribution in [0.4, 0.5) is 0 Å². The van der Waals surface area contributed by atoms with Crippen LogP contribution in [0, 0.1) is 0 Å². The van der Waals surface area contributed by atoms with Crippen LogP contribution < -0.4 is 5.32 Å². The van der Waals surface area contributed by atoms with Crippen molar-refractivity contribution < 1.29 is 0 Å². The third-order valence-electron chi connectivity index (χ3n) is 1.23. The third kappa shape index (κ3) is 4.64. The Morgan fingerprint density at radius 2 is 2.00 bits per heavy atom. The number of thiocarbonyl (C=S) groups is 1. The number of thioether (sulfide) groups is 1. The predicted molar refractivity (Wildman–Crippen MR) is 58.2 cm³/mol. The van der Waals surface area contributed by atoms with Gasteiger partial charge in [-0.1, -0.05) is 26.1 Å². The van der Waals surface area contributed by atoms with Crippen molar-refractivity contribution >= 4 is 29.0 Å². The van der Waals surface area contributed by atoms with Crippen LogP contribution in [0.15, 0.2) is 0 Å². The van der Waals surface area contributed by atoms with Crippen molar-refractivity contribution in [1.82, 2.24) is 5.32 Å². The van der Waals surface area contributed by atoms with Crippen molar-refractivity contribution in [3.8, 4) is 0 Å². The molecule has 11 heavy (non-hydrogen) atoms.